The normalized spacial score (nSPS) is 16.3. The number of nitrogens with zero attached hydrogens (tertiary/aromatic N) is 2. The molecule has 29 heavy (non-hydrogen) atoms. The molecule has 0 aromatic heterocycles. The van der Waals surface area contributed by atoms with Crippen LogP contribution in [0.15, 0.2) is 29.2 Å². The summed E-state index contributed by atoms with van der Waals surface area (Å²) in [6.07, 6.45) is 3.69. The summed E-state index contributed by atoms with van der Waals surface area (Å²) >= 11 is 4.21. The zero-order valence-corrected chi connectivity index (χ0v) is 18.4. The van der Waals surface area contributed by atoms with Crippen LogP contribution in [-0.2, 0) is 16.1 Å². The van der Waals surface area contributed by atoms with Crippen molar-refractivity contribution in [3.8, 4) is 5.75 Å². The second-order valence-electron chi connectivity index (χ2n) is 7.54. The number of benzene rings is 1. The molecule has 1 fully saturated rings. The lowest BCUT2D eigenvalue weighted by Gasteiger charge is -2.26. The predicted molar refractivity (Wildman–Crippen MR) is 113 cm³/mol. The second-order valence-corrected chi connectivity index (χ2v) is 9.85. The van der Waals surface area contributed by atoms with Gasteiger partial charge in [-0.3, -0.25) is 0 Å². The average Bonchev–Trinajstić information content (AvgIpc) is 2.67. The zero-order valence-electron chi connectivity index (χ0n) is 16.9. The minimum absolute atomic E-state index is 0.0582. The summed E-state index contributed by atoms with van der Waals surface area (Å²) in [4.78, 5) is 14.2. The van der Waals surface area contributed by atoms with Crippen molar-refractivity contribution in [1.82, 2.24) is 4.90 Å². The summed E-state index contributed by atoms with van der Waals surface area (Å²) in [5.41, 5.74) is 0.140. The van der Waals surface area contributed by atoms with Crippen LogP contribution in [0.2, 0.25) is 5.02 Å². The van der Waals surface area contributed by atoms with Crippen LogP contribution >= 0.6 is 11.6 Å². The molecule has 160 valence electrons. The first-order valence-electron chi connectivity index (χ1n) is 9.34. The first-order valence-corrected chi connectivity index (χ1v) is 10.8. The van der Waals surface area contributed by atoms with E-state index in [0.717, 1.165) is 25.3 Å². The average molecular weight is 445 g/mol. The summed E-state index contributed by atoms with van der Waals surface area (Å²) < 4.78 is 41.1. The number of amides is 1. The largest absolute Gasteiger partial charge is 0.591 e. The second kappa shape index (κ2) is 10.3. The smallest absolute Gasteiger partial charge is 0.416 e. The Balaban J connectivity index is 2.46. The zero-order chi connectivity index (χ0) is 21.6. The van der Waals surface area contributed by atoms with E-state index in [1.807, 2.05) is 0 Å². The summed E-state index contributed by atoms with van der Waals surface area (Å²) in [5.74, 6) is -0.870. The number of ether oxygens (including phenoxy) is 2. The van der Waals surface area contributed by atoms with Gasteiger partial charge in [0.2, 0.25) is 0 Å². The lowest BCUT2D eigenvalue weighted by molar-refractivity contribution is 0.139. The highest BCUT2D eigenvalue weighted by molar-refractivity contribution is 7.91. The van der Waals surface area contributed by atoms with E-state index >= 15 is 0 Å². The van der Waals surface area contributed by atoms with Crippen molar-refractivity contribution >= 4 is 35.0 Å². The number of carbonyl (C=O) groups is 1. The number of hydrogen-bond acceptors (Lipinski definition) is 5. The van der Waals surface area contributed by atoms with Crippen molar-refractivity contribution in [1.29, 1.82) is 0 Å². The number of rotatable bonds is 5. The van der Waals surface area contributed by atoms with Gasteiger partial charge < -0.3 is 18.9 Å². The fraction of sp³-hybridized carbons (Fsp3) is 0.500. The van der Waals surface area contributed by atoms with Crippen LogP contribution in [0.1, 0.15) is 45.6 Å². The molecular formula is C20H26ClFN2O4S. The van der Waals surface area contributed by atoms with E-state index in [-0.39, 0.29) is 28.8 Å². The number of carbonyl (C=O) groups excluding carboxylic acids is 1. The lowest BCUT2D eigenvalue weighted by atomic mass is 10.1. The Kier molecular flexibility index (Phi) is 8.36. The van der Waals surface area contributed by atoms with E-state index in [1.54, 1.807) is 25.7 Å². The lowest BCUT2D eigenvalue weighted by Crippen LogP contribution is -2.38. The van der Waals surface area contributed by atoms with Crippen LogP contribution in [0.3, 0.4) is 0 Å². The summed E-state index contributed by atoms with van der Waals surface area (Å²) in [5, 5.41) is -0.200. The molecule has 0 bridgehead atoms. The van der Waals surface area contributed by atoms with Gasteiger partial charge in [-0.25, -0.2) is 9.18 Å². The van der Waals surface area contributed by atoms with Gasteiger partial charge in [0, 0.05) is 19.2 Å². The molecule has 0 spiro atoms. The molecular weight excluding hydrogens is 419 g/mol. The van der Waals surface area contributed by atoms with Gasteiger partial charge >= 0.3 is 6.09 Å². The van der Waals surface area contributed by atoms with E-state index in [0.29, 0.717) is 13.1 Å². The van der Waals surface area contributed by atoms with Gasteiger partial charge in [0.25, 0.3) is 5.90 Å². The van der Waals surface area contributed by atoms with Gasteiger partial charge in [-0.05, 0) is 50.5 Å². The van der Waals surface area contributed by atoms with Crippen LogP contribution in [0, 0.1) is 5.82 Å². The standard InChI is InChI=1S/C20H26ClFN2O4S/c1-5-11-27-17-13-16(22)15(21)12-14(17)18(23-29(26)20(2,3)4)28-19(25)24-9-7-6-8-10-24/h5,12-13H,1,6-11H2,2-4H3/b23-18+/t29-/m0/s1. The van der Waals surface area contributed by atoms with E-state index < -0.39 is 28.0 Å². The molecule has 0 N–H and O–H groups in total. The topological polar surface area (TPSA) is 74.2 Å². The Morgan fingerprint density at radius 2 is 2.03 bits per heavy atom. The molecule has 0 radical (unpaired) electrons. The molecule has 1 heterocycles. The number of likely N-dealkylation sites (tertiary alicyclic amines) is 1. The molecule has 1 aromatic carbocycles. The van der Waals surface area contributed by atoms with Crippen LogP contribution < -0.4 is 4.74 Å². The third-order valence-corrected chi connectivity index (χ3v) is 5.77. The minimum atomic E-state index is -1.74. The van der Waals surface area contributed by atoms with Crippen LogP contribution in [0.4, 0.5) is 9.18 Å². The Morgan fingerprint density at radius 3 is 2.62 bits per heavy atom. The van der Waals surface area contributed by atoms with Gasteiger partial charge in [-0.15, -0.1) is 0 Å². The highest BCUT2D eigenvalue weighted by atomic mass is 35.5. The van der Waals surface area contributed by atoms with Crippen molar-refractivity contribution < 1.29 is 23.2 Å². The Morgan fingerprint density at radius 1 is 1.38 bits per heavy atom. The molecule has 1 saturated heterocycles. The maximum Gasteiger partial charge on any atom is 0.416 e. The molecule has 2 rings (SSSR count). The highest BCUT2D eigenvalue weighted by Crippen LogP contribution is 2.29. The predicted octanol–water partition coefficient (Wildman–Crippen LogP) is 4.88. The molecule has 0 aliphatic carbocycles. The first-order chi connectivity index (χ1) is 13.6. The highest BCUT2D eigenvalue weighted by Gasteiger charge is 2.31. The molecule has 0 unspecified atom stereocenters. The van der Waals surface area contributed by atoms with Gasteiger partial charge in [0.05, 0.1) is 10.6 Å². The maximum atomic E-state index is 14.0. The Bertz CT molecular complexity index is 776. The van der Waals surface area contributed by atoms with Crippen molar-refractivity contribution in [3.63, 3.8) is 0 Å². The van der Waals surface area contributed by atoms with E-state index in [2.05, 4.69) is 11.0 Å². The van der Waals surface area contributed by atoms with Crippen molar-refractivity contribution in [2.24, 2.45) is 4.40 Å². The summed E-state index contributed by atoms with van der Waals surface area (Å²) in [7, 11) is 0. The van der Waals surface area contributed by atoms with Crippen molar-refractivity contribution in [3.05, 3.63) is 41.2 Å². The molecule has 1 aromatic rings. The third kappa shape index (κ3) is 6.62. The molecule has 1 aliphatic heterocycles. The van der Waals surface area contributed by atoms with Crippen LogP contribution in [0.5, 0.6) is 5.75 Å². The summed E-state index contributed by atoms with van der Waals surface area (Å²) in [6, 6.07) is 2.32. The SMILES string of the molecule is C=CCOc1cc(F)c(Cl)cc1/C(=N\[S@@+]([O-])C(C)(C)C)OC(=O)N1CCCCC1. The molecule has 1 amide bonds. The van der Waals surface area contributed by atoms with Crippen LogP contribution in [0.25, 0.3) is 0 Å². The Hall–Kier alpha value is -1.77. The fourth-order valence-corrected chi connectivity index (χ4v) is 3.25. The molecule has 9 heteroatoms. The maximum absolute atomic E-state index is 14.0. The minimum Gasteiger partial charge on any atom is -0.591 e. The van der Waals surface area contributed by atoms with Crippen molar-refractivity contribution in [2.45, 2.75) is 44.8 Å². The van der Waals surface area contributed by atoms with Gasteiger partial charge in [0.1, 0.15) is 34.3 Å². The first kappa shape index (κ1) is 23.5. The van der Waals surface area contributed by atoms with E-state index in [1.165, 1.54) is 12.1 Å². The molecule has 1 atom stereocenters. The Labute approximate surface area is 179 Å². The molecule has 6 nitrogen and oxygen atoms in total. The monoisotopic (exact) mass is 444 g/mol. The number of hydrogen-bond donors (Lipinski definition) is 0. The number of halogens is 2. The van der Waals surface area contributed by atoms with Crippen LogP contribution in [-0.4, -0.2) is 45.9 Å². The van der Waals surface area contributed by atoms with E-state index in [9.17, 15) is 13.7 Å². The summed E-state index contributed by atoms with van der Waals surface area (Å²) in [6.45, 7) is 10.0. The van der Waals surface area contributed by atoms with E-state index in [4.69, 9.17) is 21.1 Å². The third-order valence-electron chi connectivity index (χ3n) is 4.10. The van der Waals surface area contributed by atoms with Crippen molar-refractivity contribution in [2.75, 3.05) is 19.7 Å². The van der Waals surface area contributed by atoms with Gasteiger partial charge in [-0.2, -0.15) is 0 Å². The number of piperidine rings is 1. The molecule has 0 saturated carbocycles. The quantitative estimate of drug-likeness (QED) is 0.281. The molecule has 1 aliphatic rings. The van der Waals surface area contributed by atoms with Gasteiger partial charge in [-0.1, -0.05) is 24.3 Å². The fourth-order valence-electron chi connectivity index (χ4n) is 2.52. The van der Waals surface area contributed by atoms with Gasteiger partial charge in [0.15, 0.2) is 0 Å².